The van der Waals surface area contributed by atoms with Crippen molar-refractivity contribution in [3.63, 3.8) is 0 Å². The minimum absolute atomic E-state index is 0.0403. The van der Waals surface area contributed by atoms with Crippen LogP contribution in [0.4, 0.5) is 0 Å². The molecule has 2 aliphatic heterocycles. The smallest absolute Gasteiger partial charge is 0.234 e. The van der Waals surface area contributed by atoms with Crippen molar-refractivity contribution in [3.05, 3.63) is 29.8 Å². The Labute approximate surface area is 123 Å². The number of amides is 1. The lowest BCUT2D eigenvalue weighted by atomic mass is 9.61. The number of Topliss-reactive ketones (excluding diaryl/α,β-unsaturated/α-hetero) is 1. The molecule has 2 heterocycles. The van der Waals surface area contributed by atoms with Crippen LogP contribution in [0, 0.1) is 11.8 Å². The van der Waals surface area contributed by atoms with Gasteiger partial charge in [-0.3, -0.25) is 9.59 Å². The van der Waals surface area contributed by atoms with Gasteiger partial charge in [0.05, 0.1) is 0 Å². The number of carbonyl (C=O) groups excluding carboxylic acids is 2. The molecule has 1 N–H and O–H groups in total. The molecule has 1 aromatic rings. The number of rotatable bonds is 1. The predicted molar refractivity (Wildman–Crippen MR) is 76.8 cm³/mol. The van der Waals surface area contributed by atoms with Crippen molar-refractivity contribution in [2.45, 2.75) is 44.2 Å². The highest BCUT2D eigenvalue weighted by atomic mass is 16.5. The molecule has 1 aromatic carbocycles. The maximum atomic E-state index is 12.5. The third kappa shape index (κ3) is 1.68. The SMILES string of the molecule is CC(=O)C1C(=O)N[C@]23CCCC[C@@H]2[C@H]1c1ccccc1O3. The molecule has 4 nitrogen and oxygen atoms in total. The number of piperidine rings is 1. The largest absolute Gasteiger partial charge is 0.467 e. The monoisotopic (exact) mass is 285 g/mol. The van der Waals surface area contributed by atoms with E-state index >= 15 is 0 Å². The standard InChI is InChI=1S/C17H19NO3/c1-10(19)14-15-11-6-2-3-8-13(11)21-17(18-16(14)20)9-5-4-7-12(15)17/h2-3,6,8,12,14-15H,4-5,7,9H2,1H3,(H,18,20)/t12-,14?,15-,17+/m1/s1. The van der Waals surface area contributed by atoms with Crippen LogP contribution in [-0.4, -0.2) is 17.4 Å². The number of ketones is 1. The summed E-state index contributed by atoms with van der Waals surface area (Å²) >= 11 is 0. The Morgan fingerprint density at radius 2 is 2.14 bits per heavy atom. The zero-order valence-electron chi connectivity index (χ0n) is 12.1. The van der Waals surface area contributed by atoms with Crippen LogP contribution in [0.1, 0.15) is 44.1 Å². The number of benzene rings is 1. The van der Waals surface area contributed by atoms with Gasteiger partial charge in [-0.05, 0) is 31.4 Å². The van der Waals surface area contributed by atoms with E-state index in [1.807, 2.05) is 24.3 Å². The topological polar surface area (TPSA) is 55.4 Å². The molecule has 2 fully saturated rings. The van der Waals surface area contributed by atoms with Gasteiger partial charge in [0, 0.05) is 18.3 Å². The van der Waals surface area contributed by atoms with E-state index in [0.29, 0.717) is 0 Å². The second-order valence-corrected chi connectivity index (χ2v) is 6.49. The Kier molecular flexibility index (Phi) is 2.65. The summed E-state index contributed by atoms with van der Waals surface area (Å²) in [7, 11) is 0. The summed E-state index contributed by atoms with van der Waals surface area (Å²) in [6, 6.07) is 7.86. The van der Waals surface area contributed by atoms with Crippen LogP contribution in [0.25, 0.3) is 0 Å². The zero-order chi connectivity index (χ0) is 14.6. The van der Waals surface area contributed by atoms with Crippen LogP contribution < -0.4 is 10.1 Å². The summed E-state index contributed by atoms with van der Waals surface area (Å²) in [6.45, 7) is 1.53. The fraction of sp³-hybridized carbons (Fsp3) is 0.529. The van der Waals surface area contributed by atoms with Gasteiger partial charge in [-0.15, -0.1) is 0 Å². The fourth-order valence-corrected chi connectivity index (χ4v) is 4.51. The molecule has 1 saturated heterocycles. The molecule has 110 valence electrons. The average Bonchev–Trinajstić information content (AvgIpc) is 2.45. The van der Waals surface area contributed by atoms with Crippen molar-refractivity contribution >= 4 is 11.7 Å². The molecule has 1 saturated carbocycles. The number of hydrogen-bond donors (Lipinski definition) is 1. The van der Waals surface area contributed by atoms with Gasteiger partial charge in [0.15, 0.2) is 5.72 Å². The summed E-state index contributed by atoms with van der Waals surface area (Å²) in [5.41, 5.74) is 0.426. The summed E-state index contributed by atoms with van der Waals surface area (Å²) in [5, 5.41) is 3.05. The van der Waals surface area contributed by atoms with Gasteiger partial charge in [-0.2, -0.15) is 0 Å². The molecule has 0 radical (unpaired) electrons. The minimum atomic E-state index is -0.597. The average molecular weight is 285 g/mol. The molecule has 2 bridgehead atoms. The van der Waals surface area contributed by atoms with Crippen LogP contribution in [0.2, 0.25) is 0 Å². The Hall–Kier alpha value is -1.84. The maximum Gasteiger partial charge on any atom is 0.234 e. The number of hydrogen-bond acceptors (Lipinski definition) is 3. The van der Waals surface area contributed by atoms with E-state index in [4.69, 9.17) is 4.74 Å². The molecule has 4 rings (SSSR count). The molecular weight excluding hydrogens is 266 g/mol. The molecule has 0 spiro atoms. The second kappa shape index (κ2) is 4.33. The Bertz CT molecular complexity index is 626. The van der Waals surface area contributed by atoms with Crippen LogP contribution in [0.15, 0.2) is 24.3 Å². The Morgan fingerprint density at radius 3 is 2.95 bits per heavy atom. The number of para-hydroxylation sites is 1. The van der Waals surface area contributed by atoms with E-state index < -0.39 is 11.6 Å². The first-order chi connectivity index (χ1) is 10.1. The number of fused-ring (bicyclic) bond motifs is 2. The molecule has 1 unspecified atom stereocenters. The van der Waals surface area contributed by atoms with E-state index in [0.717, 1.165) is 37.0 Å². The normalized spacial score (nSPS) is 36.8. The summed E-state index contributed by atoms with van der Waals surface area (Å²) in [4.78, 5) is 24.6. The van der Waals surface area contributed by atoms with Gasteiger partial charge in [-0.1, -0.05) is 24.6 Å². The van der Waals surface area contributed by atoms with E-state index in [9.17, 15) is 9.59 Å². The van der Waals surface area contributed by atoms with Crippen molar-refractivity contribution in [2.24, 2.45) is 11.8 Å². The van der Waals surface area contributed by atoms with E-state index in [-0.39, 0.29) is 23.5 Å². The lowest BCUT2D eigenvalue weighted by Gasteiger charge is -2.56. The summed E-state index contributed by atoms with van der Waals surface area (Å²) in [6.07, 6.45) is 4.02. The highest BCUT2D eigenvalue weighted by molar-refractivity contribution is 6.02. The highest BCUT2D eigenvalue weighted by Crippen LogP contribution is 2.55. The van der Waals surface area contributed by atoms with E-state index in [1.165, 1.54) is 6.92 Å². The van der Waals surface area contributed by atoms with Gasteiger partial charge in [0.25, 0.3) is 0 Å². The van der Waals surface area contributed by atoms with Gasteiger partial charge in [-0.25, -0.2) is 0 Å². The number of carbonyl (C=O) groups is 2. The third-order valence-corrected chi connectivity index (χ3v) is 5.33. The fourth-order valence-electron chi connectivity index (χ4n) is 4.51. The van der Waals surface area contributed by atoms with Gasteiger partial charge in [0.2, 0.25) is 5.91 Å². The van der Waals surface area contributed by atoms with E-state index in [2.05, 4.69) is 5.32 Å². The molecule has 1 amide bonds. The lowest BCUT2D eigenvalue weighted by Crippen LogP contribution is -2.69. The van der Waals surface area contributed by atoms with Crippen LogP contribution >= 0.6 is 0 Å². The van der Waals surface area contributed by atoms with Crippen LogP contribution in [0.5, 0.6) is 5.75 Å². The molecule has 1 aliphatic carbocycles. The summed E-state index contributed by atoms with van der Waals surface area (Å²) in [5.74, 6) is 0.195. The first kappa shape index (κ1) is 12.9. The van der Waals surface area contributed by atoms with Crippen molar-refractivity contribution in [1.82, 2.24) is 5.32 Å². The maximum absolute atomic E-state index is 12.5. The molecular formula is C17H19NO3. The molecule has 4 atom stereocenters. The molecule has 0 aromatic heterocycles. The second-order valence-electron chi connectivity index (χ2n) is 6.49. The van der Waals surface area contributed by atoms with Crippen molar-refractivity contribution < 1.29 is 14.3 Å². The van der Waals surface area contributed by atoms with Crippen molar-refractivity contribution in [3.8, 4) is 5.75 Å². The Morgan fingerprint density at radius 1 is 1.33 bits per heavy atom. The third-order valence-electron chi connectivity index (χ3n) is 5.33. The van der Waals surface area contributed by atoms with Gasteiger partial charge < -0.3 is 10.1 Å². The van der Waals surface area contributed by atoms with E-state index in [1.54, 1.807) is 0 Å². The minimum Gasteiger partial charge on any atom is -0.467 e. The predicted octanol–water partition coefficient (Wildman–Crippen LogP) is 2.38. The number of nitrogens with one attached hydrogen (secondary N) is 1. The highest BCUT2D eigenvalue weighted by Gasteiger charge is 2.59. The molecule has 21 heavy (non-hydrogen) atoms. The summed E-state index contributed by atoms with van der Waals surface area (Å²) < 4.78 is 6.25. The molecule has 4 heteroatoms. The van der Waals surface area contributed by atoms with Gasteiger partial charge in [0.1, 0.15) is 17.5 Å². The van der Waals surface area contributed by atoms with Crippen molar-refractivity contribution in [1.29, 1.82) is 0 Å². The van der Waals surface area contributed by atoms with Crippen LogP contribution in [-0.2, 0) is 9.59 Å². The first-order valence-corrected chi connectivity index (χ1v) is 7.73. The van der Waals surface area contributed by atoms with Crippen LogP contribution in [0.3, 0.4) is 0 Å². The molecule has 3 aliphatic rings. The zero-order valence-corrected chi connectivity index (χ0v) is 12.1. The van der Waals surface area contributed by atoms with Gasteiger partial charge >= 0.3 is 0 Å². The quantitative estimate of drug-likeness (QED) is 0.806. The van der Waals surface area contributed by atoms with Crippen molar-refractivity contribution in [2.75, 3.05) is 0 Å². The lowest BCUT2D eigenvalue weighted by molar-refractivity contribution is -0.160. The first-order valence-electron chi connectivity index (χ1n) is 7.73. The Balaban J connectivity index is 1.92. The number of ether oxygens (including phenoxy) is 1.